The minimum Gasteiger partial charge on any atom is -0.385 e. The smallest absolute Gasteiger partial charge is 0.222 e. The number of amides is 1. The molecule has 0 bridgehead atoms. The maximum absolute atomic E-state index is 11.6. The van der Waals surface area contributed by atoms with Crippen molar-refractivity contribution in [3.8, 4) is 0 Å². The molecule has 0 heterocycles. The van der Waals surface area contributed by atoms with Crippen molar-refractivity contribution in [1.82, 2.24) is 16.0 Å². The molecule has 0 spiro atoms. The summed E-state index contributed by atoms with van der Waals surface area (Å²) in [5, 5.41) is 9.50. The number of hydrogen-bond donors (Lipinski definition) is 3. The predicted octanol–water partition coefficient (Wildman–Crippen LogP) is 1.91. The first-order chi connectivity index (χ1) is 11.5. The van der Waals surface area contributed by atoms with Crippen LogP contribution in [0, 0.1) is 11.3 Å². The Bertz CT molecular complexity index is 390. The molecule has 1 amide bonds. The molecular weight excluding hydrogens is 304 g/mol. The first kappa shape index (κ1) is 20.7. The summed E-state index contributed by atoms with van der Waals surface area (Å²) in [7, 11) is 1.77. The molecule has 0 aliphatic heterocycles. The highest BCUT2D eigenvalue weighted by atomic mass is 16.5. The topological polar surface area (TPSA) is 74.8 Å². The Labute approximate surface area is 147 Å². The van der Waals surface area contributed by atoms with Crippen molar-refractivity contribution < 1.29 is 9.53 Å². The highest BCUT2D eigenvalue weighted by molar-refractivity contribution is 5.80. The molecule has 1 saturated carbocycles. The van der Waals surface area contributed by atoms with Crippen molar-refractivity contribution in [2.24, 2.45) is 16.3 Å². The number of nitrogens with zero attached hydrogens (tertiary/aromatic N) is 1. The highest BCUT2D eigenvalue weighted by Gasteiger charge is 2.33. The number of nitrogens with one attached hydrogen (secondary N) is 3. The number of carbonyl (C=O) groups is 1. The molecule has 0 unspecified atom stereocenters. The molecular formula is C18H36N4O2. The van der Waals surface area contributed by atoms with E-state index in [1.165, 1.54) is 25.7 Å². The average Bonchev–Trinajstić information content (AvgIpc) is 3.03. The molecule has 24 heavy (non-hydrogen) atoms. The normalized spacial score (nSPS) is 17.1. The van der Waals surface area contributed by atoms with Crippen molar-refractivity contribution in [3.05, 3.63) is 0 Å². The lowest BCUT2D eigenvalue weighted by Crippen LogP contribution is -2.42. The summed E-state index contributed by atoms with van der Waals surface area (Å²) >= 11 is 0. The van der Waals surface area contributed by atoms with E-state index >= 15 is 0 Å². The molecule has 0 saturated heterocycles. The standard InChI is InChI=1S/C18H36N4O2/c1-5-19-17(21-12-11-20-16(23)15(2)3)22-14-18(10-13-24-4)8-6-7-9-18/h15H,5-14H2,1-4H3,(H,20,23)(H2,19,21,22). The van der Waals surface area contributed by atoms with Crippen LogP contribution in [0.1, 0.15) is 52.9 Å². The summed E-state index contributed by atoms with van der Waals surface area (Å²) < 4.78 is 5.28. The van der Waals surface area contributed by atoms with Gasteiger partial charge in [-0.3, -0.25) is 9.79 Å². The first-order valence-electron chi connectivity index (χ1n) is 9.32. The fourth-order valence-corrected chi connectivity index (χ4v) is 3.09. The van der Waals surface area contributed by atoms with Crippen LogP contribution in [-0.2, 0) is 9.53 Å². The summed E-state index contributed by atoms with van der Waals surface area (Å²) in [6.45, 7) is 9.62. The van der Waals surface area contributed by atoms with Gasteiger partial charge in [-0.25, -0.2) is 0 Å². The number of guanidine groups is 1. The molecule has 0 aromatic carbocycles. The number of methoxy groups -OCH3 is 1. The Morgan fingerprint density at radius 3 is 2.42 bits per heavy atom. The average molecular weight is 341 g/mol. The molecule has 6 heteroatoms. The first-order valence-corrected chi connectivity index (χ1v) is 9.32. The van der Waals surface area contributed by atoms with Gasteiger partial charge in [-0.05, 0) is 31.6 Å². The van der Waals surface area contributed by atoms with Gasteiger partial charge in [0.05, 0.1) is 0 Å². The van der Waals surface area contributed by atoms with Gasteiger partial charge in [-0.15, -0.1) is 0 Å². The van der Waals surface area contributed by atoms with E-state index in [4.69, 9.17) is 9.73 Å². The van der Waals surface area contributed by atoms with Gasteiger partial charge in [0.2, 0.25) is 5.91 Å². The largest absolute Gasteiger partial charge is 0.385 e. The Balaban J connectivity index is 2.47. The third kappa shape index (κ3) is 7.51. The summed E-state index contributed by atoms with van der Waals surface area (Å²) in [4.78, 5) is 16.4. The minimum absolute atomic E-state index is 0.0231. The van der Waals surface area contributed by atoms with Gasteiger partial charge in [-0.1, -0.05) is 26.7 Å². The van der Waals surface area contributed by atoms with E-state index in [0.29, 0.717) is 18.5 Å². The molecule has 0 aromatic rings. The number of aliphatic imine (C=N–C) groups is 1. The second kappa shape index (κ2) is 11.3. The van der Waals surface area contributed by atoms with Crippen LogP contribution in [0.2, 0.25) is 0 Å². The lowest BCUT2D eigenvalue weighted by molar-refractivity contribution is -0.123. The van der Waals surface area contributed by atoms with Crippen LogP contribution >= 0.6 is 0 Å². The second-order valence-corrected chi connectivity index (χ2v) is 7.02. The zero-order chi connectivity index (χ0) is 17.8. The molecule has 0 aromatic heterocycles. The van der Waals surface area contributed by atoms with Gasteiger partial charge in [0, 0.05) is 45.8 Å². The molecule has 0 atom stereocenters. The molecule has 1 fully saturated rings. The maximum Gasteiger partial charge on any atom is 0.222 e. The lowest BCUT2D eigenvalue weighted by atomic mass is 9.83. The fraction of sp³-hybridized carbons (Fsp3) is 0.889. The SMILES string of the molecule is CCNC(=NCC1(CCOC)CCCC1)NCCNC(=O)C(C)C. The van der Waals surface area contributed by atoms with Crippen LogP contribution in [0.25, 0.3) is 0 Å². The van der Waals surface area contributed by atoms with Gasteiger partial charge in [0.15, 0.2) is 5.96 Å². The van der Waals surface area contributed by atoms with Crippen molar-refractivity contribution in [3.63, 3.8) is 0 Å². The number of hydrogen-bond acceptors (Lipinski definition) is 3. The van der Waals surface area contributed by atoms with Crippen molar-refractivity contribution in [2.75, 3.05) is 39.9 Å². The number of ether oxygens (including phenoxy) is 1. The van der Waals surface area contributed by atoms with Gasteiger partial charge in [0.1, 0.15) is 0 Å². The summed E-state index contributed by atoms with van der Waals surface area (Å²) in [5.74, 6) is 0.943. The van der Waals surface area contributed by atoms with E-state index in [1.807, 2.05) is 13.8 Å². The predicted molar refractivity (Wildman–Crippen MR) is 99.2 cm³/mol. The zero-order valence-electron chi connectivity index (χ0n) is 15.9. The van der Waals surface area contributed by atoms with Crippen LogP contribution < -0.4 is 16.0 Å². The van der Waals surface area contributed by atoms with Crippen molar-refractivity contribution >= 4 is 11.9 Å². The van der Waals surface area contributed by atoms with Gasteiger partial charge in [-0.2, -0.15) is 0 Å². The quantitative estimate of drug-likeness (QED) is 0.323. The number of rotatable bonds is 10. The Morgan fingerprint density at radius 2 is 1.83 bits per heavy atom. The molecule has 0 radical (unpaired) electrons. The minimum atomic E-state index is 0.0231. The van der Waals surface area contributed by atoms with Crippen LogP contribution in [0.3, 0.4) is 0 Å². The Hall–Kier alpha value is -1.30. The van der Waals surface area contributed by atoms with E-state index in [0.717, 1.165) is 32.1 Å². The summed E-state index contributed by atoms with van der Waals surface area (Å²) in [5.41, 5.74) is 0.296. The maximum atomic E-state index is 11.6. The van der Waals surface area contributed by atoms with Crippen LogP contribution in [0.4, 0.5) is 0 Å². The van der Waals surface area contributed by atoms with E-state index in [9.17, 15) is 4.79 Å². The summed E-state index contributed by atoms with van der Waals surface area (Å²) in [6.07, 6.45) is 6.15. The monoisotopic (exact) mass is 340 g/mol. The van der Waals surface area contributed by atoms with E-state index in [1.54, 1.807) is 7.11 Å². The van der Waals surface area contributed by atoms with Crippen LogP contribution in [0.5, 0.6) is 0 Å². The molecule has 140 valence electrons. The fourth-order valence-electron chi connectivity index (χ4n) is 3.09. The van der Waals surface area contributed by atoms with Gasteiger partial charge >= 0.3 is 0 Å². The molecule has 1 aliphatic rings. The molecule has 3 N–H and O–H groups in total. The zero-order valence-corrected chi connectivity index (χ0v) is 15.9. The lowest BCUT2D eigenvalue weighted by Gasteiger charge is -2.27. The van der Waals surface area contributed by atoms with Crippen LogP contribution in [-0.4, -0.2) is 51.8 Å². The van der Waals surface area contributed by atoms with Crippen LogP contribution in [0.15, 0.2) is 4.99 Å². The van der Waals surface area contributed by atoms with E-state index in [-0.39, 0.29) is 11.8 Å². The van der Waals surface area contributed by atoms with Crippen molar-refractivity contribution in [1.29, 1.82) is 0 Å². The van der Waals surface area contributed by atoms with E-state index < -0.39 is 0 Å². The number of carbonyl (C=O) groups excluding carboxylic acids is 1. The third-order valence-corrected chi connectivity index (χ3v) is 4.66. The van der Waals surface area contributed by atoms with Crippen molar-refractivity contribution in [2.45, 2.75) is 52.9 Å². The third-order valence-electron chi connectivity index (χ3n) is 4.66. The highest BCUT2D eigenvalue weighted by Crippen LogP contribution is 2.41. The summed E-state index contributed by atoms with van der Waals surface area (Å²) in [6, 6.07) is 0. The molecule has 1 aliphatic carbocycles. The Kier molecular flexibility index (Phi) is 9.76. The van der Waals surface area contributed by atoms with E-state index in [2.05, 4.69) is 22.9 Å². The molecule has 1 rings (SSSR count). The molecule has 6 nitrogen and oxygen atoms in total. The van der Waals surface area contributed by atoms with Gasteiger partial charge in [0.25, 0.3) is 0 Å². The Morgan fingerprint density at radius 1 is 1.17 bits per heavy atom. The van der Waals surface area contributed by atoms with Gasteiger partial charge < -0.3 is 20.7 Å². The second-order valence-electron chi connectivity index (χ2n) is 7.02.